The molecule has 28 heavy (non-hydrogen) atoms. The molecular weight excluding hydrogens is 358 g/mol. The van der Waals surface area contributed by atoms with E-state index in [9.17, 15) is 9.59 Å². The lowest BCUT2D eigenvalue weighted by Crippen LogP contribution is -2.47. The van der Waals surface area contributed by atoms with Gasteiger partial charge in [0.1, 0.15) is 6.33 Å². The zero-order chi connectivity index (χ0) is 19.3. The molecule has 2 aromatic rings. The molecule has 0 bridgehead atoms. The maximum absolute atomic E-state index is 13.2. The van der Waals surface area contributed by atoms with Crippen LogP contribution in [0.1, 0.15) is 39.5 Å². The number of likely N-dealkylation sites (N-methyl/N-ethyl adjacent to an activating group) is 1. The fraction of sp³-hybridized carbons (Fsp3) is 0.526. The minimum absolute atomic E-state index is 0.0759. The standard InChI is InChI=1S/C19H23N7O2/c1-23-6-8-24(9-7-23)18(27)15-14-11-25(10-13-2-3-13)19(28)16-17(21-5-4-20-16)26(14)12-22-15/h4-5,12-13H,2-3,6-11H2,1H3. The summed E-state index contributed by atoms with van der Waals surface area (Å²) in [4.78, 5) is 45.2. The summed E-state index contributed by atoms with van der Waals surface area (Å²) in [6.45, 7) is 4.10. The van der Waals surface area contributed by atoms with E-state index >= 15 is 0 Å². The maximum Gasteiger partial charge on any atom is 0.276 e. The van der Waals surface area contributed by atoms with Gasteiger partial charge in [-0.05, 0) is 25.8 Å². The topological polar surface area (TPSA) is 87.5 Å². The van der Waals surface area contributed by atoms with Gasteiger partial charge in [0.25, 0.3) is 11.8 Å². The van der Waals surface area contributed by atoms with Crippen molar-refractivity contribution in [1.82, 2.24) is 34.2 Å². The predicted octanol–water partition coefficient (Wildman–Crippen LogP) is 0.416. The molecule has 0 N–H and O–H groups in total. The Balaban J connectivity index is 1.54. The SMILES string of the molecule is CN1CCN(C(=O)c2ncn3c2CN(CC2CC2)C(=O)c2nccnc2-3)CC1. The number of amides is 2. The molecule has 2 aliphatic heterocycles. The fourth-order valence-electron chi connectivity index (χ4n) is 3.87. The molecule has 2 amide bonds. The van der Waals surface area contributed by atoms with Gasteiger partial charge in [0.2, 0.25) is 0 Å². The minimum Gasteiger partial charge on any atom is -0.335 e. The minimum atomic E-state index is -0.128. The molecule has 1 aliphatic carbocycles. The van der Waals surface area contributed by atoms with Crippen molar-refractivity contribution in [3.63, 3.8) is 0 Å². The number of piperazine rings is 1. The Morgan fingerprint density at radius 3 is 2.61 bits per heavy atom. The third-order valence-electron chi connectivity index (χ3n) is 5.77. The van der Waals surface area contributed by atoms with Gasteiger partial charge < -0.3 is 14.7 Å². The molecule has 0 radical (unpaired) electrons. The molecule has 9 nitrogen and oxygen atoms in total. The van der Waals surface area contributed by atoms with Crippen LogP contribution in [0.2, 0.25) is 0 Å². The summed E-state index contributed by atoms with van der Waals surface area (Å²) in [5, 5.41) is 0. The molecule has 0 atom stereocenters. The molecule has 5 rings (SSSR count). The Morgan fingerprint density at radius 1 is 1.11 bits per heavy atom. The Hall–Kier alpha value is -2.81. The number of carbonyl (C=O) groups is 2. The Labute approximate surface area is 163 Å². The monoisotopic (exact) mass is 381 g/mol. The van der Waals surface area contributed by atoms with E-state index in [2.05, 4.69) is 26.9 Å². The highest BCUT2D eigenvalue weighted by atomic mass is 16.2. The van der Waals surface area contributed by atoms with Gasteiger partial charge >= 0.3 is 0 Å². The second-order valence-electron chi connectivity index (χ2n) is 7.86. The molecule has 1 saturated heterocycles. The van der Waals surface area contributed by atoms with Crippen LogP contribution in [0.15, 0.2) is 18.7 Å². The summed E-state index contributed by atoms with van der Waals surface area (Å²) in [5.41, 5.74) is 1.45. The summed E-state index contributed by atoms with van der Waals surface area (Å²) < 4.78 is 1.76. The van der Waals surface area contributed by atoms with Crippen LogP contribution in [0, 0.1) is 5.92 Å². The van der Waals surface area contributed by atoms with Gasteiger partial charge in [-0.3, -0.25) is 14.2 Å². The summed E-state index contributed by atoms with van der Waals surface area (Å²) >= 11 is 0. The molecule has 0 spiro atoms. The number of rotatable bonds is 3. The van der Waals surface area contributed by atoms with Crippen LogP contribution in [0.5, 0.6) is 0 Å². The van der Waals surface area contributed by atoms with Crippen molar-refractivity contribution in [3.05, 3.63) is 35.8 Å². The largest absolute Gasteiger partial charge is 0.335 e. The third kappa shape index (κ3) is 2.95. The molecule has 2 aromatic heterocycles. The number of aromatic nitrogens is 4. The van der Waals surface area contributed by atoms with Crippen molar-refractivity contribution >= 4 is 11.8 Å². The number of fused-ring (bicyclic) bond motifs is 3. The van der Waals surface area contributed by atoms with E-state index in [0.29, 0.717) is 49.3 Å². The number of nitrogens with zero attached hydrogens (tertiary/aromatic N) is 7. The Kier molecular flexibility index (Phi) is 4.12. The summed E-state index contributed by atoms with van der Waals surface area (Å²) in [5.74, 6) is 0.783. The normalized spacial score (nSPS) is 20.0. The molecule has 0 aromatic carbocycles. The number of imidazole rings is 1. The van der Waals surface area contributed by atoms with Crippen LogP contribution in [-0.4, -0.2) is 85.8 Å². The molecular formula is C19H23N7O2. The van der Waals surface area contributed by atoms with Crippen LogP contribution < -0.4 is 0 Å². The lowest BCUT2D eigenvalue weighted by molar-refractivity contribution is 0.0649. The van der Waals surface area contributed by atoms with Gasteiger partial charge in [0, 0.05) is 45.1 Å². The highest BCUT2D eigenvalue weighted by molar-refractivity contribution is 5.97. The quantitative estimate of drug-likeness (QED) is 0.766. The van der Waals surface area contributed by atoms with Crippen molar-refractivity contribution in [2.45, 2.75) is 19.4 Å². The van der Waals surface area contributed by atoms with Gasteiger partial charge in [0.15, 0.2) is 17.2 Å². The van der Waals surface area contributed by atoms with E-state index in [1.807, 2.05) is 4.90 Å². The fourth-order valence-corrected chi connectivity index (χ4v) is 3.87. The van der Waals surface area contributed by atoms with Gasteiger partial charge in [-0.2, -0.15) is 0 Å². The first-order valence-electron chi connectivity index (χ1n) is 9.76. The van der Waals surface area contributed by atoms with E-state index in [4.69, 9.17) is 0 Å². The van der Waals surface area contributed by atoms with E-state index in [-0.39, 0.29) is 11.8 Å². The van der Waals surface area contributed by atoms with Crippen molar-refractivity contribution < 1.29 is 9.59 Å². The van der Waals surface area contributed by atoms with Crippen LogP contribution in [0.4, 0.5) is 0 Å². The average Bonchev–Trinajstić information content (AvgIpc) is 3.45. The van der Waals surface area contributed by atoms with Crippen molar-refractivity contribution in [1.29, 1.82) is 0 Å². The highest BCUT2D eigenvalue weighted by Gasteiger charge is 2.35. The predicted molar refractivity (Wildman–Crippen MR) is 100 cm³/mol. The van der Waals surface area contributed by atoms with E-state index in [1.165, 1.54) is 6.20 Å². The number of hydrogen-bond donors (Lipinski definition) is 0. The lowest BCUT2D eigenvalue weighted by Gasteiger charge is -2.32. The second kappa shape index (κ2) is 6.66. The molecule has 4 heterocycles. The van der Waals surface area contributed by atoms with Crippen molar-refractivity contribution in [2.75, 3.05) is 39.8 Å². The van der Waals surface area contributed by atoms with Crippen molar-refractivity contribution in [3.8, 4) is 5.82 Å². The van der Waals surface area contributed by atoms with Gasteiger partial charge in [-0.1, -0.05) is 0 Å². The summed E-state index contributed by atoms with van der Waals surface area (Å²) in [6, 6.07) is 0. The molecule has 1 saturated carbocycles. The van der Waals surface area contributed by atoms with E-state index in [0.717, 1.165) is 31.6 Å². The second-order valence-corrected chi connectivity index (χ2v) is 7.86. The zero-order valence-electron chi connectivity index (χ0n) is 15.9. The Bertz CT molecular complexity index is 928. The average molecular weight is 381 g/mol. The van der Waals surface area contributed by atoms with Crippen LogP contribution in [-0.2, 0) is 6.54 Å². The van der Waals surface area contributed by atoms with Crippen LogP contribution >= 0.6 is 0 Å². The van der Waals surface area contributed by atoms with Gasteiger partial charge in [-0.25, -0.2) is 15.0 Å². The first kappa shape index (κ1) is 17.3. The molecule has 146 valence electrons. The van der Waals surface area contributed by atoms with E-state index in [1.54, 1.807) is 22.0 Å². The molecule has 0 unspecified atom stereocenters. The smallest absolute Gasteiger partial charge is 0.276 e. The first-order chi connectivity index (χ1) is 13.6. The highest BCUT2D eigenvalue weighted by Crippen LogP contribution is 2.32. The molecule has 3 aliphatic rings. The number of carbonyl (C=O) groups excluding carboxylic acids is 2. The van der Waals surface area contributed by atoms with Crippen molar-refractivity contribution in [2.24, 2.45) is 5.92 Å². The summed E-state index contributed by atoms with van der Waals surface area (Å²) in [7, 11) is 2.06. The third-order valence-corrected chi connectivity index (χ3v) is 5.77. The first-order valence-corrected chi connectivity index (χ1v) is 9.76. The molecule has 9 heteroatoms. The van der Waals surface area contributed by atoms with Gasteiger partial charge in [0.05, 0.1) is 12.2 Å². The Morgan fingerprint density at radius 2 is 1.86 bits per heavy atom. The maximum atomic E-state index is 13.2. The van der Waals surface area contributed by atoms with Gasteiger partial charge in [-0.15, -0.1) is 0 Å². The van der Waals surface area contributed by atoms with E-state index < -0.39 is 0 Å². The van der Waals surface area contributed by atoms with Crippen LogP contribution in [0.3, 0.4) is 0 Å². The number of hydrogen-bond acceptors (Lipinski definition) is 6. The summed E-state index contributed by atoms with van der Waals surface area (Å²) in [6.07, 6.45) is 6.98. The zero-order valence-corrected chi connectivity index (χ0v) is 15.9. The lowest BCUT2D eigenvalue weighted by atomic mass is 10.2. The van der Waals surface area contributed by atoms with Crippen LogP contribution in [0.25, 0.3) is 5.82 Å². The molecule has 2 fully saturated rings.